The Morgan fingerprint density at radius 3 is 1.44 bits per heavy atom. The van der Waals surface area contributed by atoms with Crippen molar-refractivity contribution < 1.29 is 37.9 Å². The van der Waals surface area contributed by atoms with Gasteiger partial charge in [0.25, 0.3) is 0 Å². The number of carbonyl (C=O) groups excluding carboxylic acids is 2. The van der Waals surface area contributed by atoms with Gasteiger partial charge in [0.15, 0.2) is 6.10 Å². The molecule has 0 radical (unpaired) electrons. The summed E-state index contributed by atoms with van der Waals surface area (Å²) in [6, 6.07) is 0. The van der Waals surface area contributed by atoms with Gasteiger partial charge in [0.05, 0.1) is 6.61 Å². The lowest BCUT2D eigenvalue weighted by atomic mass is 10.0. The van der Waals surface area contributed by atoms with E-state index in [2.05, 4.69) is 54.8 Å². The Hall–Kier alpha value is -1.73. The minimum Gasteiger partial charge on any atom is -0.462 e. The molecular formula is C39H71O8P. The molecule has 0 fully saturated rings. The fourth-order valence-electron chi connectivity index (χ4n) is 5.26. The van der Waals surface area contributed by atoms with Crippen LogP contribution in [0.5, 0.6) is 0 Å². The van der Waals surface area contributed by atoms with Crippen molar-refractivity contribution in [3.8, 4) is 0 Å². The van der Waals surface area contributed by atoms with Crippen LogP contribution in [0.1, 0.15) is 181 Å². The fraction of sp³-hybridized carbons (Fsp3) is 0.795. The summed E-state index contributed by atoms with van der Waals surface area (Å²) in [5, 5.41) is 0. The molecule has 280 valence electrons. The molecule has 0 aromatic rings. The lowest BCUT2D eigenvalue weighted by Crippen LogP contribution is -2.29. The Kier molecular flexibility index (Phi) is 33.8. The highest BCUT2D eigenvalue weighted by Gasteiger charge is 2.22. The van der Waals surface area contributed by atoms with Crippen molar-refractivity contribution in [3.63, 3.8) is 0 Å². The fourth-order valence-corrected chi connectivity index (χ4v) is 5.62. The molecule has 0 aromatic heterocycles. The number of allylic oxidation sites excluding steroid dienone is 6. The third-order valence-corrected chi connectivity index (χ3v) is 8.65. The van der Waals surface area contributed by atoms with Crippen LogP contribution in [0.2, 0.25) is 0 Å². The van der Waals surface area contributed by atoms with Crippen molar-refractivity contribution in [2.75, 3.05) is 13.2 Å². The molecule has 0 rings (SSSR count). The molecule has 9 heteroatoms. The van der Waals surface area contributed by atoms with Crippen LogP contribution in [0.25, 0.3) is 0 Å². The van der Waals surface area contributed by atoms with E-state index in [1.165, 1.54) is 96.3 Å². The van der Waals surface area contributed by atoms with Crippen molar-refractivity contribution in [3.05, 3.63) is 36.5 Å². The summed E-state index contributed by atoms with van der Waals surface area (Å²) in [5.74, 6) is -0.926. The van der Waals surface area contributed by atoms with Crippen LogP contribution in [0, 0.1) is 0 Å². The maximum absolute atomic E-state index is 12.3. The zero-order chi connectivity index (χ0) is 35.4. The van der Waals surface area contributed by atoms with Gasteiger partial charge >= 0.3 is 19.8 Å². The predicted octanol–water partition coefficient (Wildman–Crippen LogP) is 11.4. The summed E-state index contributed by atoms with van der Waals surface area (Å²) >= 11 is 0. The number of hydrogen-bond acceptors (Lipinski definition) is 6. The lowest BCUT2D eigenvalue weighted by Gasteiger charge is -2.18. The van der Waals surface area contributed by atoms with Crippen molar-refractivity contribution in [1.29, 1.82) is 0 Å². The summed E-state index contributed by atoms with van der Waals surface area (Å²) in [6.45, 7) is 3.62. The second kappa shape index (κ2) is 35.1. The summed E-state index contributed by atoms with van der Waals surface area (Å²) in [5.41, 5.74) is 0. The molecule has 0 aliphatic rings. The standard InChI is InChI=1S/C39H71O8P/c1-3-5-7-9-11-13-15-17-19-21-23-25-27-29-31-33-38(40)45-35-37(36-46-48(42,43)44)47-39(41)34-32-30-28-26-24-22-20-18-16-14-12-10-8-6-4-2/h12,14,18,20,24,26,37H,3-11,13,15-17,19,21-23,25,27-36H2,1-2H3,(H2,42,43,44)/b14-12+,20-18+,26-24+/t37-/m1/s1. The highest BCUT2D eigenvalue weighted by molar-refractivity contribution is 7.46. The molecule has 0 saturated heterocycles. The van der Waals surface area contributed by atoms with Crippen LogP contribution in [-0.4, -0.2) is 41.0 Å². The summed E-state index contributed by atoms with van der Waals surface area (Å²) < 4.78 is 26.3. The van der Waals surface area contributed by atoms with Gasteiger partial charge in [0.1, 0.15) is 6.61 Å². The maximum Gasteiger partial charge on any atom is 0.469 e. The third-order valence-electron chi connectivity index (χ3n) is 8.16. The minimum absolute atomic E-state index is 0.164. The van der Waals surface area contributed by atoms with Gasteiger partial charge in [0, 0.05) is 12.8 Å². The topological polar surface area (TPSA) is 119 Å². The van der Waals surface area contributed by atoms with Crippen LogP contribution < -0.4 is 0 Å². The van der Waals surface area contributed by atoms with Crippen molar-refractivity contribution >= 4 is 19.8 Å². The second-order valence-electron chi connectivity index (χ2n) is 12.9. The molecule has 0 unspecified atom stereocenters. The molecule has 0 aliphatic heterocycles. The summed E-state index contributed by atoms with van der Waals surface area (Å²) in [4.78, 5) is 42.7. The molecule has 0 heterocycles. The Balaban J connectivity index is 4.01. The Morgan fingerprint density at radius 2 is 0.938 bits per heavy atom. The first kappa shape index (κ1) is 46.3. The van der Waals surface area contributed by atoms with E-state index in [1.54, 1.807) is 0 Å². The van der Waals surface area contributed by atoms with Crippen molar-refractivity contribution in [2.24, 2.45) is 0 Å². The monoisotopic (exact) mass is 698 g/mol. The van der Waals surface area contributed by atoms with E-state index in [1.807, 2.05) is 0 Å². The van der Waals surface area contributed by atoms with E-state index in [0.29, 0.717) is 6.42 Å². The Bertz CT molecular complexity index is 879. The van der Waals surface area contributed by atoms with Crippen LogP contribution in [0.3, 0.4) is 0 Å². The number of phosphoric acid groups is 1. The number of hydrogen-bond donors (Lipinski definition) is 2. The van der Waals surface area contributed by atoms with Gasteiger partial charge in [-0.05, 0) is 51.4 Å². The first-order valence-electron chi connectivity index (χ1n) is 19.3. The second-order valence-corrected chi connectivity index (χ2v) is 14.1. The molecule has 0 spiro atoms. The van der Waals surface area contributed by atoms with E-state index in [0.717, 1.165) is 51.4 Å². The van der Waals surface area contributed by atoms with E-state index in [-0.39, 0.29) is 19.4 Å². The molecule has 48 heavy (non-hydrogen) atoms. The molecule has 2 N–H and O–H groups in total. The van der Waals surface area contributed by atoms with Crippen molar-refractivity contribution in [2.45, 2.75) is 187 Å². The van der Waals surface area contributed by atoms with Gasteiger partial charge in [-0.3, -0.25) is 14.1 Å². The van der Waals surface area contributed by atoms with Crippen LogP contribution >= 0.6 is 7.82 Å². The van der Waals surface area contributed by atoms with Crippen LogP contribution in [-0.2, 0) is 28.2 Å². The third kappa shape index (κ3) is 37.1. The average molecular weight is 699 g/mol. The van der Waals surface area contributed by atoms with Gasteiger partial charge in [-0.25, -0.2) is 4.57 Å². The van der Waals surface area contributed by atoms with E-state index in [4.69, 9.17) is 19.3 Å². The first-order chi connectivity index (χ1) is 23.3. The molecule has 0 saturated carbocycles. The number of phosphoric ester groups is 1. The molecule has 1 atom stereocenters. The normalized spacial score (nSPS) is 12.8. The molecular weight excluding hydrogens is 627 g/mol. The SMILES string of the molecule is CCCCC/C=C/C/C=C/C/C=C/CCCCC(=O)O[C@H](COC(=O)CCCCCCCCCCCCCCCCC)COP(=O)(O)O. The quantitative estimate of drug-likeness (QED) is 0.0290. The highest BCUT2D eigenvalue weighted by Crippen LogP contribution is 2.36. The highest BCUT2D eigenvalue weighted by atomic mass is 31.2. The molecule has 0 aromatic carbocycles. The smallest absolute Gasteiger partial charge is 0.462 e. The van der Waals surface area contributed by atoms with Gasteiger partial charge in [-0.2, -0.15) is 0 Å². The van der Waals surface area contributed by atoms with Gasteiger partial charge in [0.2, 0.25) is 0 Å². The lowest BCUT2D eigenvalue weighted by molar-refractivity contribution is -0.161. The first-order valence-corrected chi connectivity index (χ1v) is 20.8. The number of rotatable bonds is 35. The van der Waals surface area contributed by atoms with Crippen LogP contribution in [0.4, 0.5) is 0 Å². The van der Waals surface area contributed by atoms with E-state index < -0.39 is 32.5 Å². The van der Waals surface area contributed by atoms with Crippen LogP contribution in [0.15, 0.2) is 36.5 Å². The van der Waals surface area contributed by atoms with Gasteiger partial charge in [-0.15, -0.1) is 0 Å². The minimum atomic E-state index is -4.76. The Labute approximate surface area is 293 Å². The number of carbonyl (C=O) groups is 2. The molecule has 0 amide bonds. The largest absolute Gasteiger partial charge is 0.469 e. The van der Waals surface area contributed by atoms with E-state index in [9.17, 15) is 14.2 Å². The predicted molar refractivity (Wildman–Crippen MR) is 198 cm³/mol. The van der Waals surface area contributed by atoms with Gasteiger partial charge < -0.3 is 19.3 Å². The maximum atomic E-state index is 12.3. The number of esters is 2. The number of unbranched alkanes of at least 4 members (excludes halogenated alkanes) is 19. The van der Waals surface area contributed by atoms with E-state index >= 15 is 0 Å². The zero-order valence-corrected chi connectivity index (χ0v) is 31.5. The van der Waals surface area contributed by atoms with Crippen molar-refractivity contribution in [1.82, 2.24) is 0 Å². The molecule has 0 aliphatic carbocycles. The van der Waals surface area contributed by atoms with Gasteiger partial charge in [-0.1, -0.05) is 153 Å². The molecule has 8 nitrogen and oxygen atoms in total. The summed E-state index contributed by atoms with van der Waals surface area (Å²) in [7, 11) is -4.76. The average Bonchev–Trinajstić information content (AvgIpc) is 3.05. The Morgan fingerprint density at radius 1 is 0.542 bits per heavy atom. The summed E-state index contributed by atoms with van der Waals surface area (Å²) in [6.07, 6.45) is 40.1. The zero-order valence-electron chi connectivity index (χ0n) is 30.6. The molecule has 0 bridgehead atoms. The number of ether oxygens (including phenoxy) is 2.